The molecule has 1 atom stereocenters. The van der Waals surface area contributed by atoms with Gasteiger partial charge in [0.05, 0.1) is 0 Å². The zero-order valence-electron chi connectivity index (χ0n) is 9.05. The number of nitrogens with zero attached hydrogens (tertiary/aromatic N) is 1. The summed E-state index contributed by atoms with van der Waals surface area (Å²) in [6.07, 6.45) is 0. The van der Waals surface area contributed by atoms with Crippen LogP contribution in [0, 0.1) is 0 Å². The molecule has 1 aromatic heterocycles. The van der Waals surface area contributed by atoms with E-state index in [4.69, 9.17) is 10.8 Å². The number of para-hydroxylation sites is 1. The molecule has 2 aromatic rings. The second kappa shape index (κ2) is 3.98. The van der Waals surface area contributed by atoms with Crippen LogP contribution in [0.2, 0.25) is 0 Å². The highest BCUT2D eigenvalue weighted by atomic mass is 16.4. The molecule has 0 bridgehead atoms. The molecular weight excluding hydrogens is 204 g/mol. The van der Waals surface area contributed by atoms with Crippen LogP contribution in [0.15, 0.2) is 30.3 Å². The van der Waals surface area contributed by atoms with E-state index in [9.17, 15) is 4.79 Å². The molecule has 0 saturated carbocycles. The van der Waals surface area contributed by atoms with E-state index in [-0.39, 0.29) is 0 Å². The molecule has 3 N–H and O–H groups in total. The fraction of sp³-hybridized carbons (Fsp3) is 0.250. The lowest BCUT2D eigenvalue weighted by molar-refractivity contribution is -0.138. The predicted octanol–water partition coefficient (Wildman–Crippen LogP) is 1.75. The van der Waals surface area contributed by atoms with E-state index < -0.39 is 12.0 Å². The summed E-state index contributed by atoms with van der Waals surface area (Å²) in [7, 11) is 0. The van der Waals surface area contributed by atoms with Crippen molar-refractivity contribution in [2.24, 2.45) is 5.73 Å². The second-order valence-electron chi connectivity index (χ2n) is 3.69. The Morgan fingerprint density at radius 3 is 2.81 bits per heavy atom. The Kier molecular flexibility index (Phi) is 2.66. The summed E-state index contributed by atoms with van der Waals surface area (Å²) >= 11 is 0. The van der Waals surface area contributed by atoms with E-state index in [0.717, 1.165) is 10.9 Å². The first kappa shape index (κ1) is 10.7. The van der Waals surface area contributed by atoms with Crippen molar-refractivity contribution >= 4 is 16.9 Å². The SMILES string of the molecule is CCn1c(C(N)C(=O)O)cc2ccccc21. The summed E-state index contributed by atoms with van der Waals surface area (Å²) in [5.41, 5.74) is 7.33. The number of carboxylic acids is 1. The molecular formula is C12H14N2O2. The van der Waals surface area contributed by atoms with Crippen LogP contribution in [0.3, 0.4) is 0 Å². The number of nitrogens with two attached hydrogens (primary N) is 1. The van der Waals surface area contributed by atoms with E-state index in [1.165, 1.54) is 0 Å². The molecule has 0 aliphatic carbocycles. The molecule has 4 nitrogen and oxygen atoms in total. The first-order valence-electron chi connectivity index (χ1n) is 5.21. The van der Waals surface area contributed by atoms with Gasteiger partial charge in [-0.25, -0.2) is 0 Å². The lowest BCUT2D eigenvalue weighted by Crippen LogP contribution is -2.23. The fourth-order valence-corrected chi connectivity index (χ4v) is 1.97. The quantitative estimate of drug-likeness (QED) is 0.824. The summed E-state index contributed by atoms with van der Waals surface area (Å²) in [5.74, 6) is -1.00. The third-order valence-electron chi connectivity index (χ3n) is 2.74. The maximum Gasteiger partial charge on any atom is 0.326 e. The number of hydrogen-bond donors (Lipinski definition) is 2. The maximum atomic E-state index is 10.9. The van der Waals surface area contributed by atoms with Crippen molar-refractivity contribution in [3.8, 4) is 0 Å². The average molecular weight is 218 g/mol. The van der Waals surface area contributed by atoms with Crippen LogP contribution in [-0.2, 0) is 11.3 Å². The number of fused-ring (bicyclic) bond motifs is 1. The van der Waals surface area contributed by atoms with Gasteiger partial charge < -0.3 is 15.4 Å². The number of aryl methyl sites for hydroxylation is 1. The van der Waals surface area contributed by atoms with Gasteiger partial charge in [0, 0.05) is 17.8 Å². The second-order valence-corrected chi connectivity index (χ2v) is 3.69. The molecule has 0 radical (unpaired) electrons. The molecule has 16 heavy (non-hydrogen) atoms. The normalized spacial score (nSPS) is 12.9. The zero-order chi connectivity index (χ0) is 11.7. The molecule has 0 aliphatic heterocycles. The van der Waals surface area contributed by atoms with E-state index in [1.807, 2.05) is 41.8 Å². The van der Waals surface area contributed by atoms with Crippen LogP contribution in [-0.4, -0.2) is 15.6 Å². The lowest BCUT2D eigenvalue weighted by atomic mass is 10.2. The van der Waals surface area contributed by atoms with Crippen LogP contribution < -0.4 is 5.73 Å². The van der Waals surface area contributed by atoms with Gasteiger partial charge in [0.2, 0.25) is 0 Å². The molecule has 1 heterocycles. The van der Waals surface area contributed by atoms with Crippen LogP contribution in [0.25, 0.3) is 10.9 Å². The van der Waals surface area contributed by atoms with Crippen molar-refractivity contribution in [3.05, 3.63) is 36.0 Å². The van der Waals surface area contributed by atoms with Gasteiger partial charge in [-0.2, -0.15) is 0 Å². The van der Waals surface area contributed by atoms with Gasteiger partial charge in [0.15, 0.2) is 0 Å². The van der Waals surface area contributed by atoms with E-state index in [2.05, 4.69) is 0 Å². The molecule has 0 fully saturated rings. The summed E-state index contributed by atoms with van der Waals surface area (Å²) in [6.45, 7) is 2.69. The first-order valence-corrected chi connectivity index (χ1v) is 5.21. The van der Waals surface area contributed by atoms with Gasteiger partial charge >= 0.3 is 5.97 Å². The van der Waals surface area contributed by atoms with Crippen molar-refractivity contribution in [1.82, 2.24) is 4.57 Å². The highest BCUT2D eigenvalue weighted by molar-refractivity contribution is 5.84. The minimum atomic E-state index is -1.00. The Morgan fingerprint density at radius 1 is 1.50 bits per heavy atom. The standard InChI is InChI=1S/C12H14N2O2/c1-2-14-9-6-4-3-5-8(9)7-10(14)11(13)12(15)16/h3-7,11H,2,13H2,1H3,(H,15,16). The van der Waals surface area contributed by atoms with Gasteiger partial charge in [-0.3, -0.25) is 4.79 Å². The Bertz CT molecular complexity index is 531. The third kappa shape index (κ3) is 1.57. The van der Waals surface area contributed by atoms with Crippen LogP contribution >= 0.6 is 0 Å². The van der Waals surface area contributed by atoms with Gasteiger partial charge in [0.25, 0.3) is 0 Å². The molecule has 1 aromatic carbocycles. The zero-order valence-corrected chi connectivity index (χ0v) is 9.05. The minimum absolute atomic E-state index is 0.649. The van der Waals surface area contributed by atoms with Crippen molar-refractivity contribution in [1.29, 1.82) is 0 Å². The molecule has 4 heteroatoms. The van der Waals surface area contributed by atoms with Crippen LogP contribution in [0.4, 0.5) is 0 Å². The predicted molar refractivity (Wildman–Crippen MR) is 62.2 cm³/mol. The van der Waals surface area contributed by atoms with E-state index in [1.54, 1.807) is 0 Å². The topological polar surface area (TPSA) is 68.2 Å². The Morgan fingerprint density at radius 2 is 2.19 bits per heavy atom. The van der Waals surface area contributed by atoms with Crippen molar-refractivity contribution in [2.45, 2.75) is 19.5 Å². The molecule has 0 amide bonds. The number of benzene rings is 1. The third-order valence-corrected chi connectivity index (χ3v) is 2.74. The number of rotatable bonds is 3. The molecule has 0 saturated heterocycles. The van der Waals surface area contributed by atoms with Crippen molar-refractivity contribution in [3.63, 3.8) is 0 Å². The van der Waals surface area contributed by atoms with Gasteiger partial charge in [-0.15, -0.1) is 0 Å². The van der Waals surface area contributed by atoms with Crippen LogP contribution in [0.1, 0.15) is 18.7 Å². The lowest BCUT2D eigenvalue weighted by Gasteiger charge is -2.10. The average Bonchev–Trinajstić information content (AvgIpc) is 2.65. The number of carboxylic acid groups (broad SMARTS) is 1. The minimum Gasteiger partial charge on any atom is -0.480 e. The molecule has 1 unspecified atom stereocenters. The molecule has 0 spiro atoms. The van der Waals surface area contributed by atoms with E-state index >= 15 is 0 Å². The summed E-state index contributed by atoms with van der Waals surface area (Å²) in [6, 6.07) is 8.67. The van der Waals surface area contributed by atoms with Crippen molar-refractivity contribution in [2.75, 3.05) is 0 Å². The highest BCUT2D eigenvalue weighted by Crippen LogP contribution is 2.23. The van der Waals surface area contributed by atoms with Gasteiger partial charge in [0.1, 0.15) is 6.04 Å². The Hall–Kier alpha value is -1.81. The highest BCUT2D eigenvalue weighted by Gasteiger charge is 2.19. The Balaban J connectivity index is 2.65. The maximum absolute atomic E-state index is 10.9. The van der Waals surface area contributed by atoms with Gasteiger partial charge in [-0.1, -0.05) is 18.2 Å². The summed E-state index contributed by atoms with van der Waals surface area (Å²) in [5, 5.41) is 9.97. The number of hydrogen-bond acceptors (Lipinski definition) is 2. The fourth-order valence-electron chi connectivity index (χ4n) is 1.97. The van der Waals surface area contributed by atoms with E-state index in [0.29, 0.717) is 12.2 Å². The van der Waals surface area contributed by atoms with Gasteiger partial charge in [-0.05, 0) is 24.4 Å². The monoisotopic (exact) mass is 218 g/mol. The molecule has 0 aliphatic rings. The molecule has 2 rings (SSSR count). The summed E-state index contributed by atoms with van der Waals surface area (Å²) < 4.78 is 1.94. The smallest absolute Gasteiger partial charge is 0.326 e. The Labute approximate surface area is 93.3 Å². The number of carbonyl (C=O) groups is 1. The number of aliphatic carboxylic acids is 1. The summed E-state index contributed by atoms with van der Waals surface area (Å²) in [4.78, 5) is 10.9. The first-order chi connectivity index (χ1) is 7.65. The van der Waals surface area contributed by atoms with Crippen LogP contribution in [0.5, 0.6) is 0 Å². The van der Waals surface area contributed by atoms with Crippen molar-refractivity contribution < 1.29 is 9.90 Å². The molecule has 84 valence electrons. The number of aromatic nitrogens is 1. The largest absolute Gasteiger partial charge is 0.480 e.